The fourth-order valence-electron chi connectivity index (χ4n) is 2.26. The first-order chi connectivity index (χ1) is 8.97. The molecule has 0 spiro atoms. The van der Waals surface area contributed by atoms with Crippen LogP contribution in [0.1, 0.15) is 27.2 Å². The highest BCUT2D eigenvalue weighted by Gasteiger charge is 2.60. The van der Waals surface area contributed by atoms with E-state index >= 15 is 0 Å². The Hall–Kier alpha value is -1.31. The molecule has 1 aliphatic rings. The van der Waals surface area contributed by atoms with Gasteiger partial charge in [0.05, 0.1) is 5.41 Å². The minimum atomic E-state index is -5.07. The number of amides is 1. The van der Waals surface area contributed by atoms with Crippen LogP contribution in [0.2, 0.25) is 0 Å². The zero-order valence-electron chi connectivity index (χ0n) is 11.6. The van der Waals surface area contributed by atoms with Gasteiger partial charge in [0.2, 0.25) is 11.4 Å². The Bertz CT molecular complexity index is 403. The van der Waals surface area contributed by atoms with Gasteiger partial charge in [0.1, 0.15) is 0 Å². The smallest absolute Gasteiger partial charge is 0.422 e. The molecule has 0 aromatic rings. The zero-order chi connectivity index (χ0) is 15.8. The highest BCUT2D eigenvalue weighted by Crippen LogP contribution is 2.37. The highest BCUT2D eigenvalue weighted by molar-refractivity contribution is 5.91. The van der Waals surface area contributed by atoms with Crippen molar-refractivity contribution in [2.24, 2.45) is 11.3 Å². The summed E-state index contributed by atoms with van der Waals surface area (Å²) in [6.07, 6.45) is -4.69. The molecule has 20 heavy (non-hydrogen) atoms. The molecule has 1 heterocycles. The normalized spacial score (nSPS) is 26.4. The number of carboxylic acid groups (broad SMARTS) is 1. The number of rotatable bonds is 4. The first kappa shape index (κ1) is 16.7. The van der Waals surface area contributed by atoms with E-state index < -0.39 is 29.0 Å². The van der Waals surface area contributed by atoms with Gasteiger partial charge >= 0.3 is 12.1 Å². The van der Waals surface area contributed by atoms with Crippen LogP contribution in [0.15, 0.2) is 0 Å². The minimum absolute atomic E-state index is 0.205. The monoisotopic (exact) mass is 296 g/mol. The Labute approximate surface area is 114 Å². The van der Waals surface area contributed by atoms with Crippen molar-refractivity contribution in [3.8, 4) is 0 Å². The lowest BCUT2D eigenvalue weighted by molar-refractivity contribution is -0.208. The SMILES string of the molecule is CC(C)C1(C(=O)NC(C)(C(=O)O)C(F)(F)F)CCNC1. The molecule has 0 saturated carbocycles. The summed E-state index contributed by atoms with van der Waals surface area (Å²) in [6, 6.07) is 0. The quantitative estimate of drug-likeness (QED) is 0.727. The number of carboxylic acids is 1. The molecule has 0 bridgehead atoms. The van der Waals surface area contributed by atoms with Crippen LogP contribution in [-0.4, -0.2) is 41.8 Å². The van der Waals surface area contributed by atoms with Crippen molar-refractivity contribution in [2.45, 2.75) is 38.9 Å². The van der Waals surface area contributed by atoms with Crippen molar-refractivity contribution in [2.75, 3.05) is 13.1 Å². The number of nitrogens with one attached hydrogen (secondary N) is 2. The molecule has 0 aliphatic carbocycles. The van der Waals surface area contributed by atoms with E-state index in [-0.39, 0.29) is 12.5 Å². The zero-order valence-corrected chi connectivity index (χ0v) is 11.6. The van der Waals surface area contributed by atoms with E-state index in [0.29, 0.717) is 19.9 Å². The molecule has 1 rings (SSSR count). The molecule has 116 valence electrons. The predicted molar refractivity (Wildman–Crippen MR) is 65.0 cm³/mol. The van der Waals surface area contributed by atoms with Crippen LogP contribution in [0.5, 0.6) is 0 Å². The lowest BCUT2D eigenvalue weighted by Crippen LogP contribution is -2.65. The van der Waals surface area contributed by atoms with Crippen molar-refractivity contribution in [1.82, 2.24) is 10.6 Å². The van der Waals surface area contributed by atoms with Crippen molar-refractivity contribution in [3.63, 3.8) is 0 Å². The van der Waals surface area contributed by atoms with Gasteiger partial charge in [0.25, 0.3) is 0 Å². The molecule has 2 unspecified atom stereocenters. The van der Waals surface area contributed by atoms with Crippen LogP contribution in [0.4, 0.5) is 13.2 Å². The van der Waals surface area contributed by atoms with Crippen molar-refractivity contribution >= 4 is 11.9 Å². The Morgan fingerprint density at radius 2 is 1.90 bits per heavy atom. The standard InChI is InChI=1S/C12H19F3N2O3/c1-7(2)11(4-5-16-6-11)8(18)17-10(3,9(19)20)12(13,14)15/h7,16H,4-6H2,1-3H3,(H,17,18)(H,19,20). The first-order valence-corrected chi connectivity index (χ1v) is 6.31. The summed E-state index contributed by atoms with van der Waals surface area (Å²) < 4.78 is 38.8. The Kier molecular flexibility index (Phi) is 4.38. The van der Waals surface area contributed by atoms with Gasteiger partial charge in [-0.3, -0.25) is 4.79 Å². The summed E-state index contributed by atoms with van der Waals surface area (Å²) in [6.45, 7) is 4.69. The highest BCUT2D eigenvalue weighted by atomic mass is 19.4. The molecule has 0 radical (unpaired) electrons. The summed E-state index contributed by atoms with van der Waals surface area (Å²) >= 11 is 0. The second-order valence-electron chi connectivity index (χ2n) is 5.62. The number of carbonyl (C=O) groups is 2. The topological polar surface area (TPSA) is 78.4 Å². The number of hydrogen-bond acceptors (Lipinski definition) is 3. The fourth-order valence-corrected chi connectivity index (χ4v) is 2.26. The number of carbonyl (C=O) groups excluding carboxylic acids is 1. The van der Waals surface area contributed by atoms with Gasteiger partial charge < -0.3 is 15.7 Å². The van der Waals surface area contributed by atoms with Gasteiger partial charge in [-0.1, -0.05) is 13.8 Å². The van der Waals surface area contributed by atoms with E-state index in [4.69, 9.17) is 5.11 Å². The van der Waals surface area contributed by atoms with E-state index in [1.807, 2.05) is 0 Å². The van der Waals surface area contributed by atoms with Crippen LogP contribution in [0.25, 0.3) is 0 Å². The molecule has 1 saturated heterocycles. The van der Waals surface area contributed by atoms with E-state index in [2.05, 4.69) is 5.32 Å². The molecule has 8 heteroatoms. The van der Waals surface area contributed by atoms with Crippen LogP contribution in [-0.2, 0) is 9.59 Å². The summed E-state index contributed by atoms with van der Waals surface area (Å²) in [4.78, 5) is 23.2. The number of halogens is 3. The second-order valence-corrected chi connectivity index (χ2v) is 5.62. The maximum Gasteiger partial charge on any atom is 0.422 e. The van der Waals surface area contributed by atoms with Crippen molar-refractivity contribution in [3.05, 3.63) is 0 Å². The van der Waals surface area contributed by atoms with Crippen LogP contribution in [0, 0.1) is 11.3 Å². The third-order valence-electron chi connectivity index (χ3n) is 4.10. The lowest BCUT2D eigenvalue weighted by Gasteiger charge is -2.36. The van der Waals surface area contributed by atoms with Crippen LogP contribution in [0.3, 0.4) is 0 Å². The number of hydrogen-bond donors (Lipinski definition) is 3. The molecule has 0 aromatic carbocycles. The van der Waals surface area contributed by atoms with Crippen molar-refractivity contribution < 1.29 is 27.9 Å². The average molecular weight is 296 g/mol. The molecular weight excluding hydrogens is 277 g/mol. The van der Waals surface area contributed by atoms with Gasteiger partial charge in [0.15, 0.2) is 0 Å². The third kappa shape index (κ3) is 2.61. The van der Waals surface area contributed by atoms with Gasteiger partial charge in [-0.25, -0.2) is 4.79 Å². The number of aliphatic carboxylic acids is 1. The summed E-state index contributed by atoms with van der Waals surface area (Å²) in [5.74, 6) is -3.20. The van der Waals surface area contributed by atoms with Gasteiger partial charge in [-0.2, -0.15) is 13.2 Å². The molecular formula is C12H19F3N2O3. The van der Waals surface area contributed by atoms with Gasteiger partial charge in [0, 0.05) is 6.54 Å². The molecule has 1 fully saturated rings. The third-order valence-corrected chi connectivity index (χ3v) is 4.10. The average Bonchev–Trinajstić information content (AvgIpc) is 2.76. The van der Waals surface area contributed by atoms with E-state index in [1.54, 1.807) is 19.2 Å². The lowest BCUT2D eigenvalue weighted by atomic mass is 9.75. The fraction of sp³-hybridized carbons (Fsp3) is 0.833. The Balaban J connectivity index is 3.06. The molecule has 0 aromatic heterocycles. The Morgan fingerprint density at radius 3 is 2.20 bits per heavy atom. The molecule has 2 atom stereocenters. The number of alkyl halides is 3. The maximum atomic E-state index is 12.9. The maximum absolute atomic E-state index is 12.9. The summed E-state index contributed by atoms with van der Waals surface area (Å²) in [7, 11) is 0. The largest absolute Gasteiger partial charge is 0.479 e. The minimum Gasteiger partial charge on any atom is -0.479 e. The molecule has 1 amide bonds. The molecule has 3 N–H and O–H groups in total. The van der Waals surface area contributed by atoms with E-state index in [1.165, 1.54) is 0 Å². The van der Waals surface area contributed by atoms with Gasteiger partial charge in [-0.05, 0) is 25.8 Å². The summed E-state index contributed by atoms with van der Waals surface area (Å²) in [5.41, 5.74) is -4.30. The van der Waals surface area contributed by atoms with E-state index in [9.17, 15) is 22.8 Å². The molecule has 1 aliphatic heterocycles. The predicted octanol–water partition coefficient (Wildman–Crippen LogP) is 1.14. The second kappa shape index (κ2) is 5.23. The summed E-state index contributed by atoms with van der Waals surface area (Å²) in [5, 5.41) is 13.5. The van der Waals surface area contributed by atoms with Crippen LogP contribution < -0.4 is 10.6 Å². The molecule has 5 nitrogen and oxygen atoms in total. The van der Waals surface area contributed by atoms with Crippen molar-refractivity contribution in [1.29, 1.82) is 0 Å². The Morgan fingerprint density at radius 1 is 1.35 bits per heavy atom. The van der Waals surface area contributed by atoms with E-state index in [0.717, 1.165) is 0 Å². The van der Waals surface area contributed by atoms with Crippen LogP contribution >= 0.6 is 0 Å². The first-order valence-electron chi connectivity index (χ1n) is 6.31. The van der Waals surface area contributed by atoms with Gasteiger partial charge in [-0.15, -0.1) is 0 Å².